The molecule has 3 aromatic rings. The Morgan fingerprint density at radius 2 is 1.87 bits per heavy atom. The molecule has 2 N–H and O–H groups in total. The van der Waals surface area contributed by atoms with Crippen molar-refractivity contribution in [1.82, 2.24) is 10.7 Å². The number of carbonyl (C=O) groups excluding carboxylic acids is 2. The van der Waals surface area contributed by atoms with Crippen LogP contribution in [0.4, 0.5) is 0 Å². The number of hydrogen-bond donors (Lipinski definition) is 2. The Morgan fingerprint density at radius 1 is 1.07 bits per heavy atom. The third-order valence-electron chi connectivity index (χ3n) is 4.92. The summed E-state index contributed by atoms with van der Waals surface area (Å²) in [5, 5.41) is 8.09. The summed E-state index contributed by atoms with van der Waals surface area (Å²) in [5.41, 5.74) is 4.94. The third-order valence-corrected chi connectivity index (χ3v) is 6.15. The molecule has 30 heavy (non-hydrogen) atoms. The Labute approximate surface area is 177 Å². The number of rotatable bonds is 6. The second-order valence-electron chi connectivity index (χ2n) is 6.74. The fraction of sp³-hybridized carbons (Fsp3) is 0.227. The summed E-state index contributed by atoms with van der Waals surface area (Å²) in [6.45, 7) is -0.179. The molecule has 0 saturated carbocycles. The minimum Gasteiger partial charge on any atom is -0.493 e. The van der Waals surface area contributed by atoms with Gasteiger partial charge < -0.3 is 14.8 Å². The molecule has 0 spiro atoms. The van der Waals surface area contributed by atoms with Gasteiger partial charge in [0.1, 0.15) is 0 Å². The number of fused-ring (bicyclic) bond motifs is 3. The number of hydrogen-bond acceptors (Lipinski definition) is 6. The van der Waals surface area contributed by atoms with E-state index in [4.69, 9.17) is 9.47 Å². The standard InChI is InChI=1S/C22H21N3O4S/c1-28-16-9-7-13(11-17(16)29-2)22(27)23-12-20(26)25-24-15-8-10-19-21(15)14-5-3-4-6-18(14)30-19/h3-7,9,11H,8,10,12H2,1-2H3,(H,23,27)(H,25,26)/b24-15+. The number of nitrogens with one attached hydrogen (secondary N) is 2. The number of nitrogens with zero attached hydrogens (tertiary/aromatic N) is 1. The first-order valence-corrected chi connectivity index (χ1v) is 10.3. The number of benzene rings is 2. The lowest BCUT2D eigenvalue weighted by molar-refractivity contribution is -0.120. The van der Waals surface area contributed by atoms with Gasteiger partial charge in [0.05, 0.1) is 26.5 Å². The molecule has 154 valence electrons. The highest BCUT2D eigenvalue weighted by atomic mass is 32.1. The van der Waals surface area contributed by atoms with Gasteiger partial charge in [-0.1, -0.05) is 18.2 Å². The van der Waals surface area contributed by atoms with E-state index in [9.17, 15) is 9.59 Å². The van der Waals surface area contributed by atoms with E-state index in [1.54, 1.807) is 29.5 Å². The van der Waals surface area contributed by atoms with Crippen LogP contribution in [-0.4, -0.2) is 38.3 Å². The highest BCUT2D eigenvalue weighted by Gasteiger charge is 2.23. The molecule has 2 aromatic carbocycles. The summed E-state index contributed by atoms with van der Waals surface area (Å²) in [4.78, 5) is 25.8. The van der Waals surface area contributed by atoms with Gasteiger partial charge in [0.15, 0.2) is 11.5 Å². The van der Waals surface area contributed by atoms with E-state index in [1.165, 1.54) is 29.2 Å². The highest BCUT2D eigenvalue weighted by molar-refractivity contribution is 7.19. The molecular weight excluding hydrogens is 402 g/mol. The van der Waals surface area contributed by atoms with Gasteiger partial charge in [-0.2, -0.15) is 5.10 Å². The zero-order valence-corrected chi connectivity index (χ0v) is 17.5. The van der Waals surface area contributed by atoms with Crippen LogP contribution in [0.15, 0.2) is 47.6 Å². The highest BCUT2D eigenvalue weighted by Crippen LogP contribution is 2.37. The van der Waals surface area contributed by atoms with Crippen molar-refractivity contribution in [3.05, 3.63) is 58.5 Å². The van der Waals surface area contributed by atoms with Crippen molar-refractivity contribution in [3.63, 3.8) is 0 Å². The molecule has 8 heteroatoms. The molecule has 0 atom stereocenters. The van der Waals surface area contributed by atoms with Gasteiger partial charge in [0.2, 0.25) is 0 Å². The van der Waals surface area contributed by atoms with Crippen LogP contribution in [0.2, 0.25) is 0 Å². The van der Waals surface area contributed by atoms with E-state index in [0.717, 1.165) is 24.1 Å². The van der Waals surface area contributed by atoms with Crippen LogP contribution in [0.1, 0.15) is 27.2 Å². The quantitative estimate of drug-likeness (QED) is 0.596. The van der Waals surface area contributed by atoms with Crippen molar-refractivity contribution in [1.29, 1.82) is 0 Å². The van der Waals surface area contributed by atoms with Gasteiger partial charge in [-0.05, 0) is 37.1 Å². The number of aryl methyl sites for hydroxylation is 1. The number of methoxy groups -OCH3 is 2. The number of ether oxygens (including phenoxy) is 2. The van der Waals surface area contributed by atoms with Crippen molar-refractivity contribution in [2.45, 2.75) is 12.8 Å². The fourth-order valence-electron chi connectivity index (χ4n) is 3.47. The molecule has 4 rings (SSSR count). The van der Waals surface area contributed by atoms with E-state index in [2.05, 4.69) is 28.0 Å². The monoisotopic (exact) mass is 423 g/mol. The zero-order valence-electron chi connectivity index (χ0n) is 16.7. The molecular formula is C22H21N3O4S. The average molecular weight is 423 g/mol. The SMILES string of the molecule is COc1ccc(C(=O)NCC(=O)N/N=C2\CCc3sc4ccccc4c32)cc1OC. The van der Waals surface area contributed by atoms with Crippen LogP contribution >= 0.6 is 11.3 Å². The summed E-state index contributed by atoms with van der Waals surface area (Å²) >= 11 is 1.77. The largest absolute Gasteiger partial charge is 0.493 e. The average Bonchev–Trinajstić information content (AvgIpc) is 3.34. The van der Waals surface area contributed by atoms with Gasteiger partial charge in [-0.15, -0.1) is 11.3 Å². The van der Waals surface area contributed by atoms with Crippen molar-refractivity contribution in [2.24, 2.45) is 5.10 Å². The summed E-state index contributed by atoms with van der Waals surface area (Å²) in [6.07, 6.45) is 1.73. The Morgan fingerprint density at radius 3 is 2.67 bits per heavy atom. The van der Waals surface area contributed by atoms with Crippen LogP contribution in [0.3, 0.4) is 0 Å². The molecule has 1 heterocycles. The normalized spacial score (nSPS) is 13.9. The van der Waals surface area contributed by atoms with Crippen LogP contribution in [0.5, 0.6) is 11.5 Å². The van der Waals surface area contributed by atoms with Gasteiger partial charge in [-0.25, -0.2) is 5.43 Å². The molecule has 1 aliphatic rings. The summed E-state index contributed by atoms with van der Waals surface area (Å²) in [5.74, 6) is 0.204. The zero-order chi connectivity index (χ0) is 21.1. The first-order valence-electron chi connectivity index (χ1n) is 9.47. The Balaban J connectivity index is 1.38. The summed E-state index contributed by atoms with van der Waals surface area (Å²) < 4.78 is 11.6. The maximum atomic E-state index is 12.3. The van der Waals surface area contributed by atoms with Crippen molar-refractivity contribution >= 4 is 38.9 Å². The lowest BCUT2D eigenvalue weighted by Crippen LogP contribution is -2.35. The first-order chi connectivity index (χ1) is 14.6. The molecule has 0 bridgehead atoms. The molecule has 2 amide bonds. The molecule has 0 saturated heterocycles. The lowest BCUT2D eigenvalue weighted by Gasteiger charge is -2.09. The molecule has 0 radical (unpaired) electrons. The molecule has 7 nitrogen and oxygen atoms in total. The minimum absolute atomic E-state index is 0.179. The summed E-state index contributed by atoms with van der Waals surface area (Å²) in [6, 6.07) is 13.0. The van der Waals surface area contributed by atoms with E-state index in [-0.39, 0.29) is 18.4 Å². The van der Waals surface area contributed by atoms with E-state index in [1.807, 2.05) is 12.1 Å². The first kappa shape index (κ1) is 19.9. The van der Waals surface area contributed by atoms with Crippen LogP contribution in [0, 0.1) is 0 Å². The van der Waals surface area contributed by atoms with E-state index >= 15 is 0 Å². The topological polar surface area (TPSA) is 89.0 Å². The Hall–Kier alpha value is -3.39. The smallest absolute Gasteiger partial charge is 0.259 e. The number of amides is 2. The van der Waals surface area contributed by atoms with Crippen molar-refractivity contribution in [3.8, 4) is 11.5 Å². The maximum Gasteiger partial charge on any atom is 0.259 e. The lowest BCUT2D eigenvalue weighted by atomic mass is 10.1. The minimum atomic E-state index is -0.385. The molecule has 0 fully saturated rings. The molecule has 1 aliphatic carbocycles. The number of thiophene rings is 1. The molecule has 0 unspecified atom stereocenters. The van der Waals surface area contributed by atoms with Gasteiger partial charge in [-0.3, -0.25) is 9.59 Å². The van der Waals surface area contributed by atoms with Crippen molar-refractivity contribution in [2.75, 3.05) is 20.8 Å². The van der Waals surface area contributed by atoms with Gasteiger partial charge in [0.25, 0.3) is 11.8 Å². The molecule has 1 aromatic heterocycles. The maximum absolute atomic E-state index is 12.3. The second-order valence-corrected chi connectivity index (χ2v) is 7.88. The number of hydrazone groups is 1. The van der Waals surface area contributed by atoms with E-state index < -0.39 is 0 Å². The second kappa shape index (κ2) is 8.54. The van der Waals surface area contributed by atoms with Crippen LogP contribution in [0.25, 0.3) is 10.1 Å². The van der Waals surface area contributed by atoms with Crippen LogP contribution in [-0.2, 0) is 11.2 Å². The van der Waals surface area contributed by atoms with Gasteiger partial charge in [0, 0.05) is 26.1 Å². The Kier molecular flexibility index (Phi) is 5.67. The Bertz CT molecular complexity index is 1150. The molecule has 0 aliphatic heterocycles. The predicted octanol–water partition coefficient (Wildman–Crippen LogP) is 3.12. The van der Waals surface area contributed by atoms with Crippen LogP contribution < -0.4 is 20.2 Å². The fourth-order valence-corrected chi connectivity index (χ4v) is 4.69. The van der Waals surface area contributed by atoms with E-state index in [0.29, 0.717) is 17.1 Å². The third kappa shape index (κ3) is 3.86. The van der Waals surface area contributed by atoms with Crippen molar-refractivity contribution < 1.29 is 19.1 Å². The van der Waals surface area contributed by atoms with Gasteiger partial charge >= 0.3 is 0 Å². The summed E-state index contributed by atoms with van der Waals surface area (Å²) in [7, 11) is 3.02. The predicted molar refractivity (Wildman–Crippen MR) is 117 cm³/mol. The number of carbonyl (C=O) groups is 2.